The number of fused-ring (bicyclic) bond motifs is 1. The molecule has 0 unspecified atom stereocenters. The maximum atomic E-state index is 14.0. The topological polar surface area (TPSA) is 131 Å². The molecular weight excluding hydrogens is 549 g/mol. The van der Waals surface area contributed by atoms with E-state index in [0.29, 0.717) is 47.2 Å². The van der Waals surface area contributed by atoms with Gasteiger partial charge in [0.1, 0.15) is 30.3 Å². The van der Waals surface area contributed by atoms with Crippen molar-refractivity contribution in [1.82, 2.24) is 24.8 Å². The molecule has 0 radical (unpaired) electrons. The van der Waals surface area contributed by atoms with Gasteiger partial charge in [0, 0.05) is 17.8 Å². The zero-order valence-electron chi connectivity index (χ0n) is 21.2. The highest BCUT2D eigenvalue weighted by Crippen LogP contribution is 2.37. The summed E-state index contributed by atoms with van der Waals surface area (Å²) in [6, 6.07) is 9.77. The first kappa shape index (κ1) is 27.2. The zero-order chi connectivity index (χ0) is 28.6. The van der Waals surface area contributed by atoms with Gasteiger partial charge in [0.2, 0.25) is 0 Å². The number of nitrogens with one attached hydrogen (secondary N) is 2. The normalized spacial score (nSPS) is 15.4. The highest BCUT2D eigenvalue weighted by molar-refractivity contribution is 6.35. The van der Waals surface area contributed by atoms with Gasteiger partial charge in [-0.2, -0.15) is 13.2 Å². The van der Waals surface area contributed by atoms with Crippen LogP contribution in [0.25, 0.3) is 16.6 Å². The monoisotopic (exact) mass is 572 g/mol. The van der Waals surface area contributed by atoms with E-state index < -0.39 is 24.3 Å². The predicted molar refractivity (Wildman–Crippen MR) is 146 cm³/mol. The number of carbonyl (C=O) groups excluding carboxylic acids is 1. The van der Waals surface area contributed by atoms with Gasteiger partial charge in [-0.05, 0) is 50.1 Å². The molecule has 3 heterocycles. The van der Waals surface area contributed by atoms with Crippen LogP contribution in [0.1, 0.15) is 30.3 Å². The van der Waals surface area contributed by atoms with E-state index in [9.17, 15) is 22.8 Å². The van der Waals surface area contributed by atoms with Crippen LogP contribution in [0.15, 0.2) is 53.6 Å². The van der Waals surface area contributed by atoms with E-state index in [2.05, 4.69) is 15.3 Å². The summed E-state index contributed by atoms with van der Waals surface area (Å²) in [5.74, 6) is 1.38. The van der Waals surface area contributed by atoms with E-state index in [1.165, 1.54) is 23.0 Å². The summed E-state index contributed by atoms with van der Waals surface area (Å²) in [7, 11) is 0. The van der Waals surface area contributed by atoms with Crippen molar-refractivity contribution < 1.29 is 18.0 Å². The number of benzene rings is 2. The maximum absolute atomic E-state index is 14.0. The third-order valence-electron chi connectivity index (χ3n) is 6.60. The number of amides is 2. The zero-order valence-corrected chi connectivity index (χ0v) is 21.9. The van der Waals surface area contributed by atoms with Gasteiger partial charge < -0.3 is 21.3 Å². The summed E-state index contributed by atoms with van der Waals surface area (Å²) in [4.78, 5) is 41.5. The molecule has 0 spiro atoms. The lowest BCUT2D eigenvalue weighted by atomic mass is 10.1. The van der Waals surface area contributed by atoms with E-state index in [1.54, 1.807) is 35.6 Å². The van der Waals surface area contributed by atoms with E-state index in [4.69, 9.17) is 22.3 Å². The minimum absolute atomic E-state index is 0.178. The van der Waals surface area contributed by atoms with E-state index in [-0.39, 0.29) is 22.1 Å². The molecule has 0 aliphatic carbocycles. The number of anilines is 3. The molecule has 4 N–H and O–H groups in total. The van der Waals surface area contributed by atoms with Crippen LogP contribution in [0.4, 0.5) is 35.3 Å². The Morgan fingerprint density at radius 1 is 1.20 bits per heavy atom. The molecule has 2 aromatic heterocycles. The summed E-state index contributed by atoms with van der Waals surface area (Å²) >= 11 is 6.42. The minimum Gasteiger partial charge on any atom is -0.383 e. The number of aromatic nitrogens is 4. The minimum atomic E-state index is -4.56. The number of halogens is 4. The van der Waals surface area contributed by atoms with Crippen molar-refractivity contribution in [1.29, 1.82) is 0 Å². The summed E-state index contributed by atoms with van der Waals surface area (Å²) in [5, 5.41) is 4.57. The van der Waals surface area contributed by atoms with E-state index >= 15 is 0 Å². The van der Waals surface area contributed by atoms with E-state index in [1.807, 2.05) is 11.8 Å². The van der Waals surface area contributed by atoms with Crippen molar-refractivity contribution in [2.24, 2.45) is 0 Å². The fraction of sp³-hybridized carbons (Fsp3) is 0.269. The average molecular weight is 573 g/mol. The number of rotatable bonds is 5. The second-order valence-corrected chi connectivity index (χ2v) is 9.68. The van der Waals surface area contributed by atoms with Gasteiger partial charge >= 0.3 is 12.2 Å². The van der Waals surface area contributed by atoms with Crippen LogP contribution >= 0.6 is 11.6 Å². The first-order valence-corrected chi connectivity index (χ1v) is 12.7. The molecule has 10 nitrogen and oxygen atoms in total. The van der Waals surface area contributed by atoms with Crippen LogP contribution < -0.4 is 26.8 Å². The number of alkyl halides is 3. The lowest BCUT2D eigenvalue weighted by Gasteiger charge is -2.29. The number of nitrogen functional groups attached to an aromatic ring is 1. The summed E-state index contributed by atoms with van der Waals surface area (Å²) in [6.07, 6.45) is -1.73. The summed E-state index contributed by atoms with van der Waals surface area (Å²) < 4.78 is 39.0. The van der Waals surface area contributed by atoms with Crippen LogP contribution in [0.2, 0.25) is 5.02 Å². The summed E-state index contributed by atoms with van der Waals surface area (Å²) in [6.45, 7) is 0.964. The third kappa shape index (κ3) is 5.37. The number of urea groups is 1. The molecule has 1 fully saturated rings. The molecule has 1 atom stereocenters. The molecule has 2 amide bonds. The first-order chi connectivity index (χ1) is 19.0. The van der Waals surface area contributed by atoms with E-state index in [0.717, 1.165) is 6.42 Å². The van der Waals surface area contributed by atoms with Gasteiger partial charge in [0.25, 0.3) is 5.56 Å². The van der Waals surface area contributed by atoms with Crippen LogP contribution in [-0.2, 0) is 0 Å². The molecule has 0 bridgehead atoms. The second-order valence-electron chi connectivity index (χ2n) is 9.28. The standard InChI is InChI=1S/C26H24ClF3N8O2/c1-14-21(31)33-13-34-22(14)37-10-4-9-19(37)23-36-18-8-3-7-17(27)20(18)24(39)38(23)16-6-2-5-15(11-16)35-25(40)32-12-26(28,29)30/h2-3,5-8,11,13,19H,4,9-10,12H2,1H3,(H2,31,33,34)(H2,32,35,40)/t19-/m0/s1. The molecule has 0 saturated carbocycles. The molecule has 208 valence electrons. The van der Waals surface area contributed by atoms with Crippen molar-refractivity contribution in [3.63, 3.8) is 0 Å². The van der Waals surface area contributed by atoms with Gasteiger partial charge in [-0.25, -0.2) is 19.7 Å². The Bertz CT molecular complexity index is 1660. The number of hydrogen-bond donors (Lipinski definition) is 3. The lowest BCUT2D eigenvalue weighted by molar-refractivity contribution is -0.122. The van der Waals surface area contributed by atoms with Crippen molar-refractivity contribution in [2.45, 2.75) is 32.0 Å². The number of carbonyl (C=O) groups is 1. The highest BCUT2D eigenvalue weighted by Gasteiger charge is 2.33. The molecule has 2 aromatic carbocycles. The Hall–Kier alpha value is -4.39. The van der Waals surface area contributed by atoms with Crippen LogP contribution in [-0.4, -0.2) is 44.8 Å². The van der Waals surface area contributed by atoms with Gasteiger partial charge in [0.15, 0.2) is 0 Å². The maximum Gasteiger partial charge on any atom is 0.405 e. The molecule has 1 aliphatic heterocycles. The number of nitrogens with two attached hydrogens (primary N) is 1. The molecule has 5 rings (SSSR count). The Morgan fingerprint density at radius 3 is 2.75 bits per heavy atom. The fourth-order valence-electron chi connectivity index (χ4n) is 4.79. The molecule has 40 heavy (non-hydrogen) atoms. The second kappa shape index (κ2) is 10.6. The first-order valence-electron chi connectivity index (χ1n) is 12.3. The Kier molecular flexibility index (Phi) is 7.23. The smallest absolute Gasteiger partial charge is 0.383 e. The quantitative estimate of drug-likeness (QED) is 0.315. The largest absolute Gasteiger partial charge is 0.405 e. The Morgan fingerprint density at radius 2 is 1.98 bits per heavy atom. The highest BCUT2D eigenvalue weighted by atomic mass is 35.5. The van der Waals surface area contributed by atoms with Gasteiger partial charge in [0.05, 0.1) is 27.7 Å². The Balaban J connectivity index is 1.62. The van der Waals surface area contributed by atoms with Gasteiger partial charge in [-0.1, -0.05) is 23.7 Å². The molecule has 4 aromatic rings. The van der Waals surface area contributed by atoms with Crippen molar-refractivity contribution >= 4 is 45.9 Å². The molecule has 14 heteroatoms. The summed E-state index contributed by atoms with van der Waals surface area (Å²) in [5.41, 5.74) is 7.24. The lowest BCUT2D eigenvalue weighted by Crippen LogP contribution is -2.36. The third-order valence-corrected chi connectivity index (χ3v) is 6.92. The molecule has 1 aliphatic rings. The Labute approximate surface area is 231 Å². The van der Waals surface area contributed by atoms with Crippen molar-refractivity contribution in [3.05, 3.63) is 75.6 Å². The number of hydrogen-bond acceptors (Lipinski definition) is 7. The van der Waals surface area contributed by atoms with Crippen molar-refractivity contribution in [3.8, 4) is 5.69 Å². The van der Waals surface area contributed by atoms with Crippen LogP contribution in [0, 0.1) is 6.92 Å². The fourth-order valence-corrected chi connectivity index (χ4v) is 5.04. The number of nitrogens with zero attached hydrogens (tertiary/aromatic N) is 5. The van der Waals surface area contributed by atoms with Crippen molar-refractivity contribution in [2.75, 3.05) is 29.0 Å². The van der Waals surface area contributed by atoms with Gasteiger partial charge in [-0.3, -0.25) is 9.36 Å². The SMILES string of the molecule is Cc1c(N)ncnc1N1CCC[C@H]1c1nc2cccc(Cl)c2c(=O)n1-c1cccc(NC(=O)NCC(F)(F)F)c1. The molecule has 1 saturated heterocycles. The van der Waals surface area contributed by atoms with Crippen LogP contribution in [0.5, 0.6) is 0 Å². The molecular formula is C26H24ClF3N8O2. The average Bonchev–Trinajstić information content (AvgIpc) is 3.38. The van der Waals surface area contributed by atoms with Gasteiger partial charge in [-0.15, -0.1) is 0 Å². The predicted octanol–water partition coefficient (Wildman–Crippen LogP) is 4.75. The van der Waals surface area contributed by atoms with Crippen LogP contribution in [0.3, 0.4) is 0 Å².